The van der Waals surface area contributed by atoms with Crippen LogP contribution in [0.2, 0.25) is 0 Å². The number of amides is 2. The maximum atomic E-state index is 12.9. The molecule has 0 radical (unpaired) electrons. The van der Waals surface area contributed by atoms with Gasteiger partial charge in [0.2, 0.25) is 5.91 Å². The molecular weight excluding hydrogens is 460 g/mol. The van der Waals surface area contributed by atoms with Gasteiger partial charge in [0.05, 0.1) is 17.0 Å². The summed E-state index contributed by atoms with van der Waals surface area (Å²) in [5.41, 5.74) is 1.76. The maximum absolute atomic E-state index is 12.9. The van der Waals surface area contributed by atoms with Gasteiger partial charge in [-0.15, -0.1) is 11.3 Å². The van der Waals surface area contributed by atoms with Crippen molar-refractivity contribution in [1.29, 1.82) is 5.26 Å². The van der Waals surface area contributed by atoms with Crippen molar-refractivity contribution in [3.05, 3.63) is 76.2 Å². The van der Waals surface area contributed by atoms with Gasteiger partial charge in [-0.2, -0.15) is 5.26 Å². The van der Waals surface area contributed by atoms with Crippen molar-refractivity contribution < 1.29 is 18.0 Å². The largest absolute Gasteiger partial charge is 0.337 e. The van der Waals surface area contributed by atoms with E-state index in [1.165, 1.54) is 36.5 Å². The molecule has 0 saturated heterocycles. The Balaban J connectivity index is 1.55. The van der Waals surface area contributed by atoms with Gasteiger partial charge in [-0.05, 0) is 42.3 Å². The molecule has 2 heterocycles. The van der Waals surface area contributed by atoms with E-state index in [-0.39, 0.29) is 22.1 Å². The number of carbonyl (C=O) groups is 2. The summed E-state index contributed by atoms with van der Waals surface area (Å²) >= 11 is 1.28. The molecule has 0 unspecified atom stereocenters. The normalized spacial score (nSPS) is 13.0. The Morgan fingerprint density at radius 2 is 1.88 bits per heavy atom. The average Bonchev–Trinajstić information content (AvgIpc) is 3.15. The number of carbonyl (C=O) groups excluding carboxylic acids is 2. The maximum Gasteiger partial charge on any atom is 0.261 e. The van der Waals surface area contributed by atoms with E-state index in [0.29, 0.717) is 30.1 Å². The molecule has 4 rings (SSSR count). The first-order valence-electron chi connectivity index (χ1n) is 10.1. The minimum absolute atomic E-state index is 0.0343. The summed E-state index contributed by atoms with van der Waals surface area (Å²) in [5, 5.41) is 12.9. The van der Waals surface area contributed by atoms with Crippen molar-refractivity contribution in [3.8, 4) is 6.07 Å². The molecule has 0 spiro atoms. The molecule has 0 atom stereocenters. The first-order chi connectivity index (χ1) is 15.8. The lowest BCUT2D eigenvalue weighted by atomic mass is 10.0. The molecule has 0 fully saturated rings. The smallest absolute Gasteiger partial charge is 0.261 e. The summed E-state index contributed by atoms with van der Waals surface area (Å²) < 4.78 is 27.6. The van der Waals surface area contributed by atoms with Gasteiger partial charge in [0.1, 0.15) is 11.1 Å². The summed E-state index contributed by atoms with van der Waals surface area (Å²) in [6.45, 7) is 2.45. The van der Waals surface area contributed by atoms with Crippen molar-refractivity contribution in [2.45, 2.75) is 24.8 Å². The molecule has 1 aromatic heterocycles. The van der Waals surface area contributed by atoms with Crippen LogP contribution in [0.25, 0.3) is 0 Å². The average molecular weight is 481 g/mol. The van der Waals surface area contributed by atoms with Gasteiger partial charge >= 0.3 is 0 Å². The van der Waals surface area contributed by atoms with Crippen LogP contribution >= 0.6 is 11.3 Å². The van der Waals surface area contributed by atoms with E-state index >= 15 is 0 Å². The molecule has 1 aliphatic heterocycles. The second-order valence-electron chi connectivity index (χ2n) is 7.46. The number of sulfonamides is 1. The van der Waals surface area contributed by atoms with Crippen LogP contribution in [-0.4, -0.2) is 31.7 Å². The number of nitrogens with zero attached hydrogens (tertiary/aromatic N) is 2. The molecule has 8 nitrogen and oxygen atoms in total. The van der Waals surface area contributed by atoms with E-state index in [1.807, 2.05) is 0 Å². The highest BCUT2D eigenvalue weighted by Gasteiger charge is 2.26. The monoisotopic (exact) mass is 480 g/mol. The predicted molar refractivity (Wildman–Crippen MR) is 125 cm³/mol. The van der Waals surface area contributed by atoms with Crippen molar-refractivity contribution in [3.63, 3.8) is 0 Å². The lowest BCUT2D eigenvalue weighted by molar-refractivity contribution is -0.129. The first-order valence-corrected chi connectivity index (χ1v) is 12.4. The van der Waals surface area contributed by atoms with Crippen LogP contribution in [-0.2, 0) is 27.8 Å². The van der Waals surface area contributed by atoms with Crippen molar-refractivity contribution in [2.75, 3.05) is 16.6 Å². The zero-order chi connectivity index (χ0) is 23.6. The molecule has 1 aliphatic rings. The first kappa shape index (κ1) is 22.5. The molecule has 0 bridgehead atoms. The quantitative estimate of drug-likeness (QED) is 0.579. The Morgan fingerprint density at radius 3 is 2.58 bits per heavy atom. The van der Waals surface area contributed by atoms with Crippen LogP contribution < -0.4 is 10.0 Å². The van der Waals surface area contributed by atoms with Crippen molar-refractivity contribution in [1.82, 2.24) is 4.90 Å². The number of nitrogens with one attached hydrogen (secondary N) is 2. The molecular formula is C23H20N4O4S2. The summed E-state index contributed by atoms with van der Waals surface area (Å²) in [4.78, 5) is 27.3. The van der Waals surface area contributed by atoms with Crippen molar-refractivity contribution >= 4 is 43.9 Å². The number of benzene rings is 2. The second-order valence-corrected chi connectivity index (χ2v) is 10.3. The van der Waals surface area contributed by atoms with E-state index in [9.17, 15) is 23.3 Å². The molecule has 2 N–H and O–H groups in total. The van der Waals surface area contributed by atoms with Crippen molar-refractivity contribution in [2.24, 2.45) is 0 Å². The number of thiophene rings is 1. The Hall–Kier alpha value is -3.68. The fourth-order valence-electron chi connectivity index (χ4n) is 3.59. The highest BCUT2D eigenvalue weighted by molar-refractivity contribution is 7.92. The van der Waals surface area contributed by atoms with E-state index < -0.39 is 15.9 Å². The Morgan fingerprint density at radius 1 is 1.12 bits per heavy atom. The van der Waals surface area contributed by atoms with Gasteiger partial charge in [0, 0.05) is 29.6 Å². The van der Waals surface area contributed by atoms with Gasteiger partial charge in [-0.3, -0.25) is 14.3 Å². The van der Waals surface area contributed by atoms with Crippen LogP contribution in [0.1, 0.15) is 33.3 Å². The number of hydrogen-bond acceptors (Lipinski definition) is 6. The number of anilines is 2. The predicted octanol–water partition coefficient (Wildman–Crippen LogP) is 3.58. The molecule has 2 aromatic carbocycles. The number of fused-ring (bicyclic) bond motifs is 1. The summed E-state index contributed by atoms with van der Waals surface area (Å²) in [6.07, 6.45) is 0.556. The molecule has 10 heteroatoms. The van der Waals surface area contributed by atoms with Crippen LogP contribution in [0.4, 0.5) is 10.7 Å². The fraction of sp³-hybridized carbons (Fsp3) is 0.174. The summed E-state index contributed by atoms with van der Waals surface area (Å²) in [6, 6.07) is 16.2. The number of hydrogen-bond donors (Lipinski definition) is 2. The third kappa shape index (κ3) is 4.74. The number of rotatable bonds is 5. The molecule has 168 valence electrons. The SMILES string of the molecule is CC(=O)N1CCc2c(sc(NC(=O)c3cccc(NS(=O)(=O)c4ccccc4)c3)c2C#N)C1. The minimum Gasteiger partial charge on any atom is -0.337 e. The summed E-state index contributed by atoms with van der Waals surface area (Å²) in [5.74, 6) is -0.498. The highest BCUT2D eigenvalue weighted by Crippen LogP contribution is 2.37. The van der Waals surface area contributed by atoms with Crippen LogP contribution in [0, 0.1) is 11.3 Å². The van der Waals surface area contributed by atoms with Gasteiger partial charge in [0.25, 0.3) is 15.9 Å². The molecule has 0 aliphatic carbocycles. The molecule has 33 heavy (non-hydrogen) atoms. The Bertz CT molecular complexity index is 1380. The van der Waals surface area contributed by atoms with Gasteiger partial charge < -0.3 is 10.2 Å². The third-order valence-corrected chi connectivity index (χ3v) is 7.80. The van der Waals surface area contributed by atoms with Gasteiger partial charge in [0.15, 0.2) is 0 Å². The van der Waals surface area contributed by atoms with Gasteiger partial charge in [-0.25, -0.2) is 8.42 Å². The Kier molecular flexibility index (Phi) is 6.18. The molecule has 2 amide bonds. The number of nitriles is 1. The lowest BCUT2D eigenvalue weighted by Gasteiger charge is -2.25. The zero-order valence-corrected chi connectivity index (χ0v) is 19.3. The molecule has 3 aromatic rings. The van der Waals surface area contributed by atoms with Crippen LogP contribution in [0.3, 0.4) is 0 Å². The van der Waals surface area contributed by atoms with E-state index in [4.69, 9.17) is 0 Å². The summed E-state index contributed by atoms with van der Waals surface area (Å²) in [7, 11) is -3.79. The van der Waals surface area contributed by atoms with Crippen LogP contribution in [0.15, 0.2) is 59.5 Å². The van der Waals surface area contributed by atoms with E-state index in [2.05, 4.69) is 16.1 Å². The lowest BCUT2D eigenvalue weighted by Crippen LogP contribution is -2.33. The topological polar surface area (TPSA) is 119 Å². The minimum atomic E-state index is -3.79. The fourth-order valence-corrected chi connectivity index (χ4v) is 5.87. The molecule has 0 saturated carbocycles. The zero-order valence-electron chi connectivity index (χ0n) is 17.7. The van der Waals surface area contributed by atoms with Crippen LogP contribution in [0.5, 0.6) is 0 Å². The van der Waals surface area contributed by atoms with E-state index in [0.717, 1.165) is 10.4 Å². The second kappa shape index (κ2) is 9.05. The van der Waals surface area contributed by atoms with Gasteiger partial charge in [-0.1, -0.05) is 24.3 Å². The standard InChI is InChI=1S/C23H20N4O4S2/c1-15(28)27-11-10-19-20(13-24)23(32-21(19)14-27)25-22(29)16-6-5-7-17(12-16)26-33(30,31)18-8-3-2-4-9-18/h2-9,12,26H,10-11,14H2,1H3,(H,25,29). The highest BCUT2D eigenvalue weighted by atomic mass is 32.2. The van der Waals surface area contributed by atoms with E-state index in [1.54, 1.807) is 41.3 Å². The third-order valence-electron chi connectivity index (χ3n) is 5.27. The Labute approximate surface area is 195 Å².